The molecular formula is C20H21NO5. The molecule has 0 fully saturated rings. The number of carbonyl (C=O) groups is 3. The maximum Gasteiger partial charge on any atom is 0.334 e. The highest BCUT2D eigenvalue weighted by molar-refractivity contribution is 6.02. The van der Waals surface area contributed by atoms with E-state index in [0.29, 0.717) is 11.1 Å². The van der Waals surface area contributed by atoms with Crippen LogP contribution in [-0.4, -0.2) is 40.0 Å². The highest BCUT2D eigenvalue weighted by Gasteiger charge is 2.28. The Morgan fingerprint density at radius 1 is 1.00 bits per heavy atom. The van der Waals surface area contributed by atoms with Gasteiger partial charge in [-0.05, 0) is 37.5 Å². The molecule has 0 spiro atoms. The number of benzene rings is 2. The lowest BCUT2D eigenvalue weighted by Gasteiger charge is -2.22. The fraction of sp³-hybridized carbons (Fsp3) is 0.250. The SMILES string of the molecule is CC(=O)c1cccc(C(=O)NC(Cc2ccccc2)C(O)C(=O)O)c1C. The number of rotatable bonds is 7. The summed E-state index contributed by atoms with van der Waals surface area (Å²) in [5, 5.41) is 21.7. The molecule has 1 amide bonds. The molecule has 0 aliphatic rings. The molecule has 0 saturated carbocycles. The summed E-state index contributed by atoms with van der Waals surface area (Å²) in [6.07, 6.45) is -1.60. The molecule has 6 nitrogen and oxygen atoms in total. The van der Waals surface area contributed by atoms with Crippen molar-refractivity contribution in [1.29, 1.82) is 0 Å². The van der Waals surface area contributed by atoms with Gasteiger partial charge in [-0.15, -0.1) is 0 Å². The first-order chi connectivity index (χ1) is 12.3. The zero-order chi connectivity index (χ0) is 19.3. The first-order valence-electron chi connectivity index (χ1n) is 8.17. The summed E-state index contributed by atoms with van der Waals surface area (Å²) >= 11 is 0. The zero-order valence-electron chi connectivity index (χ0n) is 14.6. The van der Waals surface area contributed by atoms with Crippen molar-refractivity contribution in [3.8, 4) is 0 Å². The Balaban J connectivity index is 2.27. The Labute approximate surface area is 151 Å². The van der Waals surface area contributed by atoms with Gasteiger partial charge in [0.05, 0.1) is 6.04 Å². The molecule has 0 saturated heterocycles. The molecule has 0 radical (unpaired) electrons. The standard InChI is InChI=1S/C20H21NO5/c1-12-15(13(2)22)9-6-10-16(12)19(24)21-17(18(23)20(25)26)11-14-7-4-3-5-8-14/h3-10,17-18,23H,11H2,1-2H3,(H,21,24)(H,25,26). The third-order valence-corrected chi connectivity index (χ3v) is 4.21. The number of aliphatic hydroxyl groups excluding tert-OH is 1. The van der Waals surface area contributed by atoms with Gasteiger partial charge in [-0.1, -0.05) is 42.5 Å². The predicted octanol–water partition coefficient (Wildman–Crippen LogP) is 1.98. The molecule has 6 heteroatoms. The third kappa shape index (κ3) is 4.55. The van der Waals surface area contributed by atoms with Gasteiger partial charge in [0.15, 0.2) is 11.9 Å². The Bertz CT molecular complexity index is 816. The summed E-state index contributed by atoms with van der Waals surface area (Å²) in [4.78, 5) is 35.5. The van der Waals surface area contributed by atoms with Crippen molar-refractivity contribution in [2.24, 2.45) is 0 Å². The lowest BCUT2D eigenvalue weighted by atomic mass is 9.97. The molecule has 136 valence electrons. The van der Waals surface area contributed by atoms with Gasteiger partial charge in [0.2, 0.25) is 0 Å². The van der Waals surface area contributed by atoms with E-state index in [0.717, 1.165) is 5.56 Å². The van der Waals surface area contributed by atoms with Crippen LogP contribution in [0.15, 0.2) is 48.5 Å². The van der Waals surface area contributed by atoms with Gasteiger partial charge >= 0.3 is 5.97 Å². The third-order valence-electron chi connectivity index (χ3n) is 4.21. The average Bonchev–Trinajstić information content (AvgIpc) is 2.61. The average molecular weight is 355 g/mol. The smallest absolute Gasteiger partial charge is 0.334 e. The predicted molar refractivity (Wildman–Crippen MR) is 96.2 cm³/mol. The van der Waals surface area contributed by atoms with E-state index in [2.05, 4.69) is 5.32 Å². The number of aliphatic hydroxyl groups is 1. The second-order valence-electron chi connectivity index (χ2n) is 6.09. The van der Waals surface area contributed by atoms with Crippen LogP contribution >= 0.6 is 0 Å². The Kier molecular flexibility index (Phi) is 6.25. The highest BCUT2D eigenvalue weighted by Crippen LogP contribution is 2.16. The Hall–Kier alpha value is -2.99. The van der Waals surface area contributed by atoms with Crippen molar-refractivity contribution in [2.45, 2.75) is 32.4 Å². The van der Waals surface area contributed by atoms with E-state index in [1.165, 1.54) is 6.92 Å². The summed E-state index contributed by atoms with van der Waals surface area (Å²) < 4.78 is 0. The van der Waals surface area contributed by atoms with E-state index in [1.54, 1.807) is 49.4 Å². The molecule has 2 atom stereocenters. The van der Waals surface area contributed by atoms with Crippen molar-refractivity contribution >= 4 is 17.7 Å². The van der Waals surface area contributed by atoms with Crippen LogP contribution in [0.25, 0.3) is 0 Å². The molecule has 0 heterocycles. The minimum Gasteiger partial charge on any atom is -0.479 e. The first-order valence-corrected chi connectivity index (χ1v) is 8.17. The van der Waals surface area contributed by atoms with Crippen LogP contribution in [0.2, 0.25) is 0 Å². The van der Waals surface area contributed by atoms with Crippen LogP contribution in [0, 0.1) is 6.92 Å². The maximum atomic E-state index is 12.6. The van der Waals surface area contributed by atoms with Gasteiger partial charge in [-0.2, -0.15) is 0 Å². The Morgan fingerprint density at radius 3 is 2.19 bits per heavy atom. The number of carbonyl (C=O) groups excluding carboxylic acids is 2. The summed E-state index contributed by atoms with van der Waals surface area (Å²) in [5.41, 5.74) is 2.00. The molecule has 2 aromatic rings. The van der Waals surface area contributed by atoms with Crippen molar-refractivity contribution in [3.05, 3.63) is 70.8 Å². The van der Waals surface area contributed by atoms with E-state index in [4.69, 9.17) is 5.11 Å². The molecule has 26 heavy (non-hydrogen) atoms. The number of Topliss-reactive ketones (excluding diaryl/α,β-unsaturated/α-hetero) is 1. The fourth-order valence-corrected chi connectivity index (χ4v) is 2.79. The van der Waals surface area contributed by atoms with Gasteiger partial charge in [-0.3, -0.25) is 9.59 Å². The van der Waals surface area contributed by atoms with Crippen molar-refractivity contribution < 1.29 is 24.6 Å². The maximum absolute atomic E-state index is 12.6. The van der Waals surface area contributed by atoms with Crippen LogP contribution in [0.3, 0.4) is 0 Å². The molecule has 0 aliphatic heterocycles. The van der Waals surface area contributed by atoms with Crippen molar-refractivity contribution in [3.63, 3.8) is 0 Å². The number of nitrogens with one attached hydrogen (secondary N) is 1. The molecule has 0 aromatic heterocycles. The molecular weight excluding hydrogens is 334 g/mol. The van der Waals surface area contributed by atoms with Crippen LogP contribution in [0.1, 0.15) is 38.8 Å². The van der Waals surface area contributed by atoms with Crippen LogP contribution in [0.4, 0.5) is 0 Å². The number of ketones is 1. The van der Waals surface area contributed by atoms with E-state index in [-0.39, 0.29) is 17.8 Å². The van der Waals surface area contributed by atoms with E-state index in [9.17, 15) is 19.5 Å². The number of hydrogen-bond donors (Lipinski definition) is 3. The minimum atomic E-state index is -1.75. The van der Waals surface area contributed by atoms with Gasteiger partial charge in [0.25, 0.3) is 5.91 Å². The molecule has 2 unspecified atom stereocenters. The van der Waals surface area contributed by atoms with Crippen molar-refractivity contribution in [2.75, 3.05) is 0 Å². The molecule has 3 N–H and O–H groups in total. The van der Waals surface area contributed by atoms with Crippen LogP contribution in [0.5, 0.6) is 0 Å². The van der Waals surface area contributed by atoms with Crippen LogP contribution in [-0.2, 0) is 11.2 Å². The van der Waals surface area contributed by atoms with E-state index >= 15 is 0 Å². The lowest BCUT2D eigenvalue weighted by Crippen LogP contribution is -2.48. The fourth-order valence-electron chi connectivity index (χ4n) is 2.79. The number of aliphatic carboxylic acids is 1. The quantitative estimate of drug-likeness (QED) is 0.659. The lowest BCUT2D eigenvalue weighted by molar-refractivity contribution is -0.148. The monoisotopic (exact) mass is 355 g/mol. The number of carboxylic acids is 1. The first kappa shape index (κ1) is 19.3. The van der Waals surface area contributed by atoms with Crippen LogP contribution < -0.4 is 5.32 Å². The van der Waals surface area contributed by atoms with Gasteiger partial charge in [0.1, 0.15) is 0 Å². The van der Waals surface area contributed by atoms with E-state index < -0.39 is 24.0 Å². The van der Waals surface area contributed by atoms with Crippen molar-refractivity contribution in [1.82, 2.24) is 5.32 Å². The molecule has 2 aromatic carbocycles. The number of carboxylic acid groups (broad SMARTS) is 1. The largest absolute Gasteiger partial charge is 0.479 e. The second kappa shape index (κ2) is 8.40. The highest BCUT2D eigenvalue weighted by atomic mass is 16.4. The summed E-state index contributed by atoms with van der Waals surface area (Å²) in [5.74, 6) is -2.11. The molecule has 2 rings (SSSR count). The van der Waals surface area contributed by atoms with Gasteiger partial charge in [-0.25, -0.2) is 4.79 Å². The molecule has 0 bridgehead atoms. The second-order valence-corrected chi connectivity index (χ2v) is 6.09. The van der Waals surface area contributed by atoms with Gasteiger partial charge in [0, 0.05) is 11.1 Å². The van der Waals surface area contributed by atoms with Gasteiger partial charge < -0.3 is 15.5 Å². The topological polar surface area (TPSA) is 104 Å². The summed E-state index contributed by atoms with van der Waals surface area (Å²) in [7, 11) is 0. The Morgan fingerprint density at radius 2 is 1.62 bits per heavy atom. The zero-order valence-corrected chi connectivity index (χ0v) is 14.6. The summed E-state index contributed by atoms with van der Waals surface area (Å²) in [6.45, 7) is 3.07. The van der Waals surface area contributed by atoms with E-state index in [1.807, 2.05) is 6.07 Å². The molecule has 0 aliphatic carbocycles. The number of hydrogen-bond acceptors (Lipinski definition) is 4. The minimum absolute atomic E-state index is 0.158. The normalized spacial score (nSPS) is 12.9. The summed E-state index contributed by atoms with van der Waals surface area (Å²) in [6, 6.07) is 12.8. The number of amides is 1.